The molecule has 0 aromatic heterocycles. The molecule has 25 heavy (non-hydrogen) atoms. The molecule has 0 bridgehead atoms. The number of allylic oxidation sites excluding steroid dienone is 4. The Kier molecular flexibility index (Phi) is 3.77. The van der Waals surface area contributed by atoms with Crippen LogP contribution in [0.15, 0.2) is 23.5 Å². The highest BCUT2D eigenvalue weighted by Crippen LogP contribution is 2.65. The maximum Gasteiger partial charge on any atom is 0.162 e. The molecule has 0 unspecified atom stereocenters. The average Bonchev–Trinajstić information content (AvgIpc) is 2.91. The van der Waals surface area contributed by atoms with Crippen molar-refractivity contribution in [2.75, 3.05) is 6.61 Å². The van der Waals surface area contributed by atoms with Crippen molar-refractivity contribution >= 4 is 11.6 Å². The molecule has 2 N–H and O–H groups in total. The number of ketones is 2. The number of aliphatic hydroxyl groups excluding tert-OH is 2. The van der Waals surface area contributed by atoms with E-state index in [0.29, 0.717) is 36.2 Å². The summed E-state index contributed by atoms with van der Waals surface area (Å²) in [5, 5.41) is 20.4. The second-order valence-corrected chi connectivity index (χ2v) is 9.04. The predicted molar refractivity (Wildman–Crippen MR) is 93.8 cm³/mol. The molecule has 4 heteroatoms. The molecule has 0 radical (unpaired) electrons. The Morgan fingerprint density at radius 2 is 2.08 bits per heavy atom. The molecule has 0 spiro atoms. The molecule has 6 atom stereocenters. The fourth-order valence-corrected chi connectivity index (χ4v) is 6.69. The van der Waals surface area contributed by atoms with Crippen LogP contribution < -0.4 is 0 Å². The lowest BCUT2D eigenvalue weighted by Gasteiger charge is -2.55. The first-order valence-electron chi connectivity index (χ1n) is 9.57. The molecule has 0 heterocycles. The Morgan fingerprint density at radius 3 is 2.80 bits per heavy atom. The minimum absolute atomic E-state index is 0.0571. The van der Waals surface area contributed by atoms with Crippen molar-refractivity contribution in [1.82, 2.24) is 0 Å². The third-order valence-electron chi connectivity index (χ3n) is 7.95. The summed E-state index contributed by atoms with van der Waals surface area (Å²) >= 11 is 0. The summed E-state index contributed by atoms with van der Waals surface area (Å²) in [6.07, 6.45) is 8.75. The van der Waals surface area contributed by atoms with Gasteiger partial charge in [0.15, 0.2) is 5.78 Å². The number of hydrogen-bond donors (Lipinski definition) is 2. The standard InChI is InChI=1S/C21H28O4/c1-20-8-7-13(23)9-12(20)3-4-14-15-5-6-16(18(25)11-22)21(15,2)10-17(24)19(14)20/h3,10,14-16,19,22,24H,4-9,11H2,1-2H3/t14-,15-,16+,19+,20-,21-/m0/s1. The highest BCUT2D eigenvalue weighted by Gasteiger charge is 2.60. The third kappa shape index (κ3) is 2.22. The SMILES string of the molecule is C[C@]12C=C(O)[C@H]3[C@@H](CC=C4CC(=O)CC[C@@]43C)[C@@H]1CC[C@@H]2C(=O)CO. The van der Waals surface area contributed by atoms with Crippen LogP contribution in [0.1, 0.15) is 52.4 Å². The highest BCUT2D eigenvalue weighted by atomic mass is 16.3. The highest BCUT2D eigenvalue weighted by molar-refractivity contribution is 5.84. The van der Waals surface area contributed by atoms with Crippen molar-refractivity contribution in [2.24, 2.45) is 34.5 Å². The van der Waals surface area contributed by atoms with Crippen molar-refractivity contribution in [2.45, 2.75) is 52.4 Å². The van der Waals surface area contributed by atoms with E-state index in [1.54, 1.807) is 0 Å². The quantitative estimate of drug-likeness (QED) is 0.753. The molecule has 0 amide bonds. The largest absolute Gasteiger partial charge is 0.512 e. The molecule has 0 aromatic carbocycles. The van der Waals surface area contributed by atoms with Crippen LogP contribution in [0, 0.1) is 34.5 Å². The average molecular weight is 344 g/mol. The number of Topliss-reactive ketones (excluding diaryl/α,β-unsaturated/α-hetero) is 2. The molecule has 4 aliphatic rings. The van der Waals surface area contributed by atoms with Crippen molar-refractivity contribution in [1.29, 1.82) is 0 Å². The summed E-state index contributed by atoms with van der Waals surface area (Å²) in [5.74, 6) is 1.13. The van der Waals surface area contributed by atoms with Gasteiger partial charge in [0.1, 0.15) is 12.4 Å². The van der Waals surface area contributed by atoms with E-state index < -0.39 is 6.61 Å². The van der Waals surface area contributed by atoms with E-state index >= 15 is 0 Å². The lowest BCUT2D eigenvalue weighted by Crippen LogP contribution is -2.50. The topological polar surface area (TPSA) is 74.6 Å². The summed E-state index contributed by atoms with van der Waals surface area (Å²) in [6.45, 7) is 3.88. The van der Waals surface area contributed by atoms with Gasteiger partial charge in [0.05, 0.1) is 5.76 Å². The number of rotatable bonds is 2. The van der Waals surface area contributed by atoms with Crippen molar-refractivity contribution < 1.29 is 19.8 Å². The smallest absolute Gasteiger partial charge is 0.162 e. The van der Waals surface area contributed by atoms with Gasteiger partial charge in [-0.3, -0.25) is 9.59 Å². The molecule has 0 aromatic rings. The normalized spacial score (nSPS) is 45.8. The second kappa shape index (κ2) is 5.54. The minimum Gasteiger partial charge on any atom is -0.512 e. The Hall–Kier alpha value is -1.42. The first-order valence-corrected chi connectivity index (χ1v) is 9.57. The number of hydrogen-bond acceptors (Lipinski definition) is 4. The van der Waals surface area contributed by atoms with Crippen LogP contribution in [0.3, 0.4) is 0 Å². The van der Waals surface area contributed by atoms with Gasteiger partial charge in [0, 0.05) is 30.1 Å². The third-order valence-corrected chi connectivity index (χ3v) is 7.95. The predicted octanol–water partition coefficient (Wildman–Crippen LogP) is 3.36. The van der Waals surface area contributed by atoms with Crippen LogP contribution in [-0.4, -0.2) is 28.4 Å². The van der Waals surface area contributed by atoms with E-state index in [1.807, 2.05) is 6.08 Å². The van der Waals surface area contributed by atoms with E-state index in [-0.39, 0.29) is 28.4 Å². The second-order valence-electron chi connectivity index (χ2n) is 9.04. The molecule has 136 valence electrons. The molecule has 4 nitrogen and oxygen atoms in total. The first-order chi connectivity index (χ1) is 11.8. The van der Waals surface area contributed by atoms with E-state index in [1.165, 1.54) is 5.57 Å². The molecular formula is C21H28O4. The summed E-state index contributed by atoms with van der Waals surface area (Å²) < 4.78 is 0. The van der Waals surface area contributed by atoms with E-state index in [2.05, 4.69) is 19.9 Å². The van der Waals surface area contributed by atoms with Gasteiger partial charge in [0.25, 0.3) is 0 Å². The Morgan fingerprint density at radius 1 is 1.32 bits per heavy atom. The molecule has 0 saturated heterocycles. The Balaban J connectivity index is 1.76. The summed E-state index contributed by atoms with van der Waals surface area (Å²) in [7, 11) is 0. The minimum atomic E-state index is -0.417. The maximum absolute atomic E-state index is 12.3. The summed E-state index contributed by atoms with van der Waals surface area (Å²) in [5.41, 5.74) is 0.698. The van der Waals surface area contributed by atoms with Gasteiger partial charge in [-0.25, -0.2) is 0 Å². The fraction of sp³-hybridized carbons (Fsp3) is 0.714. The van der Waals surface area contributed by atoms with Crippen LogP contribution in [0.2, 0.25) is 0 Å². The van der Waals surface area contributed by atoms with E-state index in [9.17, 15) is 19.8 Å². The zero-order chi connectivity index (χ0) is 18.0. The lowest BCUT2D eigenvalue weighted by molar-refractivity contribution is -0.129. The fourth-order valence-electron chi connectivity index (χ4n) is 6.69. The van der Waals surface area contributed by atoms with E-state index in [4.69, 9.17) is 0 Å². The zero-order valence-corrected chi connectivity index (χ0v) is 15.1. The molecular weight excluding hydrogens is 316 g/mol. The van der Waals surface area contributed by atoms with Gasteiger partial charge >= 0.3 is 0 Å². The number of aliphatic hydroxyl groups is 2. The number of fused-ring (bicyclic) bond motifs is 5. The molecule has 4 rings (SSSR count). The van der Waals surface area contributed by atoms with Crippen LogP contribution in [-0.2, 0) is 9.59 Å². The molecule has 0 aliphatic heterocycles. The number of carbonyl (C=O) groups excluding carboxylic acids is 2. The van der Waals surface area contributed by atoms with Gasteiger partial charge in [-0.15, -0.1) is 0 Å². The molecule has 2 saturated carbocycles. The van der Waals surface area contributed by atoms with Gasteiger partial charge < -0.3 is 10.2 Å². The lowest BCUT2D eigenvalue weighted by atomic mass is 9.49. The number of carbonyl (C=O) groups is 2. The zero-order valence-electron chi connectivity index (χ0n) is 15.1. The van der Waals surface area contributed by atoms with Crippen LogP contribution >= 0.6 is 0 Å². The maximum atomic E-state index is 12.3. The van der Waals surface area contributed by atoms with Crippen molar-refractivity contribution in [3.63, 3.8) is 0 Å². The monoisotopic (exact) mass is 344 g/mol. The van der Waals surface area contributed by atoms with Crippen molar-refractivity contribution in [3.05, 3.63) is 23.5 Å². The van der Waals surface area contributed by atoms with Crippen LogP contribution in [0.5, 0.6) is 0 Å². The summed E-state index contributed by atoms with van der Waals surface area (Å²) in [6, 6.07) is 0. The van der Waals surface area contributed by atoms with Gasteiger partial charge in [-0.1, -0.05) is 25.5 Å². The Bertz CT molecular complexity index is 690. The van der Waals surface area contributed by atoms with Gasteiger partial charge in [0.2, 0.25) is 0 Å². The van der Waals surface area contributed by atoms with Crippen LogP contribution in [0.25, 0.3) is 0 Å². The van der Waals surface area contributed by atoms with Crippen molar-refractivity contribution in [3.8, 4) is 0 Å². The van der Waals surface area contributed by atoms with Crippen LogP contribution in [0.4, 0.5) is 0 Å². The Labute approximate surface area is 149 Å². The molecule has 2 fully saturated rings. The van der Waals surface area contributed by atoms with E-state index in [0.717, 1.165) is 25.7 Å². The molecule has 4 aliphatic carbocycles. The summed E-state index contributed by atoms with van der Waals surface area (Å²) in [4.78, 5) is 24.2. The van der Waals surface area contributed by atoms with Gasteiger partial charge in [-0.2, -0.15) is 0 Å². The van der Waals surface area contributed by atoms with Gasteiger partial charge in [-0.05, 0) is 49.0 Å². The first kappa shape index (κ1) is 17.0.